The molecule has 1 aromatic carbocycles. The van der Waals surface area contributed by atoms with Crippen molar-refractivity contribution in [1.82, 2.24) is 29.9 Å². The molecule has 0 atom stereocenters. The van der Waals surface area contributed by atoms with E-state index < -0.39 is 0 Å². The maximum Gasteiger partial charge on any atom is 0.216 e. The fraction of sp³-hybridized carbons (Fsp3) is 0.389. The highest BCUT2D eigenvalue weighted by molar-refractivity contribution is 5.34. The van der Waals surface area contributed by atoms with Crippen LogP contribution in [-0.2, 0) is 20.1 Å². The van der Waals surface area contributed by atoms with Crippen LogP contribution in [0.4, 0.5) is 0 Å². The summed E-state index contributed by atoms with van der Waals surface area (Å²) >= 11 is 0. The Bertz CT molecular complexity index is 821. The van der Waals surface area contributed by atoms with Gasteiger partial charge < -0.3 is 10.1 Å². The summed E-state index contributed by atoms with van der Waals surface area (Å²) in [5.41, 5.74) is 3.19. The summed E-state index contributed by atoms with van der Waals surface area (Å²) in [6, 6.07) is 10.1. The normalized spacial score (nSPS) is 11.2. The van der Waals surface area contributed by atoms with Gasteiger partial charge in [0.1, 0.15) is 6.33 Å². The Hall–Kier alpha value is -2.67. The number of rotatable bonds is 7. The molecule has 0 saturated carbocycles. The molecule has 0 unspecified atom stereocenters. The highest BCUT2D eigenvalue weighted by Gasteiger charge is 2.19. The van der Waals surface area contributed by atoms with Crippen LogP contribution >= 0.6 is 0 Å². The van der Waals surface area contributed by atoms with Gasteiger partial charge in [-0.1, -0.05) is 32.0 Å². The van der Waals surface area contributed by atoms with E-state index >= 15 is 0 Å². The van der Waals surface area contributed by atoms with Crippen molar-refractivity contribution in [2.75, 3.05) is 7.11 Å². The lowest BCUT2D eigenvalue weighted by Gasteiger charge is -2.10. The molecular formula is C18H24N6O. The largest absolute Gasteiger partial charge is 0.481 e. The first-order valence-corrected chi connectivity index (χ1v) is 8.36. The monoisotopic (exact) mass is 340 g/mol. The van der Waals surface area contributed by atoms with Crippen LogP contribution in [0, 0.1) is 0 Å². The van der Waals surface area contributed by atoms with Crippen LogP contribution in [0.15, 0.2) is 36.7 Å². The highest BCUT2D eigenvalue weighted by Crippen LogP contribution is 2.26. The van der Waals surface area contributed by atoms with Gasteiger partial charge in [-0.15, -0.1) is 10.2 Å². The summed E-state index contributed by atoms with van der Waals surface area (Å²) in [6.07, 6.45) is 1.73. The van der Waals surface area contributed by atoms with Gasteiger partial charge in [0.25, 0.3) is 0 Å². The number of nitrogens with zero attached hydrogens (tertiary/aromatic N) is 5. The number of ether oxygens (including phenoxy) is 1. The van der Waals surface area contributed by atoms with Crippen LogP contribution < -0.4 is 10.1 Å². The first kappa shape index (κ1) is 17.2. The number of aromatic nitrogens is 5. The molecule has 3 rings (SSSR count). The van der Waals surface area contributed by atoms with E-state index in [9.17, 15) is 0 Å². The average Bonchev–Trinajstić information content (AvgIpc) is 3.20. The van der Waals surface area contributed by atoms with Crippen molar-refractivity contribution >= 4 is 0 Å². The summed E-state index contributed by atoms with van der Waals surface area (Å²) in [4.78, 5) is 0. The Labute approximate surface area is 147 Å². The molecule has 0 fully saturated rings. The standard InChI is InChI=1S/C18H24N6O/c1-13(2)17-15(18(25-4)23(3)22-17)10-19-11-16-21-20-12-24(16)14-8-6-5-7-9-14/h5-9,12-13,19H,10-11H2,1-4H3. The van der Waals surface area contributed by atoms with Crippen molar-refractivity contribution in [2.45, 2.75) is 32.9 Å². The zero-order valence-corrected chi connectivity index (χ0v) is 15.1. The fourth-order valence-corrected chi connectivity index (χ4v) is 2.94. The lowest BCUT2D eigenvalue weighted by molar-refractivity contribution is 0.368. The van der Waals surface area contributed by atoms with Crippen molar-refractivity contribution in [3.8, 4) is 11.6 Å². The predicted octanol–water partition coefficient (Wildman–Crippen LogP) is 2.42. The number of methoxy groups -OCH3 is 1. The maximum absolute atomic E-state index is 5.52. The van der Waals surface area contributed by atoms with Crippen LogP contribution in [-0.4, -0.2) is 31.7 Å². The summed E-state index contributed by atoms with van der Waals surface area (Å²) in [6.45, 7) is 5.53. The van der Waals surface area contributed by atoms with E-state index in [0.717, 1.165) is 28.6 Å². The summed E-state index contributed by atoms with van der Waals surface area (Å²) in [5, 5.41) is 16.3. The van der Waals surface area contributed by atoms with E-state index in [4.69, 9.17) is 4.74 Å². The van der Waals surface area contributed by atoms with Gasteiger partial charge in [-0.3, -0.25) is 4.57 Å². The molecule has 2 aromatic heterocycles. The van der Waals surface area contributed by atoms with Crippen molar-refractivity contribution in [2.24, 2.45) is 7.05 Å². The maximum atomic E-state index is 5.52. The van der Waals surface area contributed by atoms with Crippen LogP contribution in [0.5, 0.6) is 5.88 Å². The van der Waals surface area contributed by atoms with Gasteiger partial charge in [0, 0.05) is 19.3 Å². The second-order valence-electron chi connectivity index (χ2n) is 6.21. The molecule has 7 heteroatoms. The summed E-state index contributed by atoms with van der Waals surface area (Å²) in [5.74, 6) is 1.99. The van der Waals surface area contributed by atoms with Crippen LogP contribution in [0.1, 0.15) is 36.8 Å². The second kappa shape index (κ2) is 7.48. The molecule has 0 radical (unpaired) electrons. The number of hydrogen-bond acceptors (Lipinski definition) is 5. The van der Waals surface area contributed by atoms with Gasteiger partial charge in [-0.05, 0) is 18.1 Å². The van der Waals surface area contributed by atoms with Crippen molar-refractivity contribution < 1.29 is 4.74 Å². The quantitative estimate of drug-likeness (QED) is 0.715. The number of para-hydroxylation sites is 1. The third kappa shape index (κ3) is 3.56. The lowest BCUT2D eigenvalue weighted by Crippen LogP contribution is -2.17. The zero-order chi connectivity index (χ0) is 17.8. The molecule has 1 N–H and O–H groups in total. The van der Waals surface area contributed by atoms with Gasteiger partial charge in [0.15, 0.2) is 5.82 Å². The molecule has 25 heavy (non-hydrogen) atoms. The molecule has 0 amide bonds. The third-order valence-corrected chi connectivity index (χ3v) is 4.10. The van der Waals surface area contributed by atoms with Gasteiger partial charge in [-0.2, -0.15) is 5.10 Å². The molecule has 2 heterocycles. The molecule has 0 aliphatic carbocycles. The van der Waals surface area contributed by atoms with Crippen LogP contribution in [0.2, 0.25) is 0 Å². The fourth-order valence-electron chi connectivity index (χ4n) is 2.94. The smallest absolute Gasteiger partial charge is 0.216 e. The minimum Gasteiger partial charge on any atom is -0.481 e. The Morgan fingerprint density at radius 2 is 1.92 bits per heavy atom. The molecule has 0 aliphatic heterocycles. The highest BCUT2D eigenvalue weighted by atomic mass is 16.5. The lowest BCUT2D eigenvalue weighted by atomic mass is 10.1. The van der Waals surface area contributed by atoms with Crippen LogP contribution in [0.25, 0.3) is 5.69 Å². The minimum atomic E-state index is 0.333. The Kier molecular flexibility index (Phi) is 5.14. The van der Waals surface area contributed by atoms with Crippen molar-refractivity contribution in [1.29, 1.82) is 0 Å². The van der Waals surface area contributed by atoms with E-state index in [1.54, 1.807) is 18.1 Å². The van der Waals surface area contributed by atoms with E-state index in [-0.39, 0.29) is 0 Å². The molecule has 0 aliphatic rings. The van der Waals surface area contributed by atoms with E-state index in [0.29, 0.717) is 19.0 Å². The van der Waals surface area contributed by atoms with Gasteiger partial charge >= 0.3 is 0 Å². The van der Waals surface area contributed by atoms with Gasteiger partial charge in [0.2, 0.25) is 5.88 Å². The van der Waals surface area contributed by atoms with Gasteiger partial charge in [0.05, 0.1) is 24.9 Å². The SMILES string of the molecule is COc1c(CNCc2nncn2-c2ccccc2)c(C(C)C)nn1C. The Morgan fingerprint density at radius 1 is 1.16 bits per heavy atom. The molecule has 3 aromatic rings. The molecule has 7 nitrogen and oxygen atoms in total. The third-order valence-electron chi connectivity index (χ3n) is 4.10. The Balaban J connectivity index is 1.74. The van der Waals surface area contributed by atoms with Crippen molar-refractivity contribution in [3.05, 3.63) is 53.7 Å². The van der Waals surface area contributed by atoms with Gasteiger partial charge in [-0.25, -0.2) is 4.68 Å². The molecule has 132 valence electrons. The molecule has 0 saturated heterocycles. The number of benzene rings is 1. The number of aryl methyl sites for hydroxylation is 1. The predicted molar refractivity (Wildman–Crippen MR) is 95.8 cm³/mol. The molecular weight excluding hydrogens is 316 g/mol. The number of nitrogens with one attached hydrogen (secondary N) is 1. The van der Waals surface area contributed by atoms with E-state index in [1.165, 1.54) is 0 Å². The average molecular weight is 340 g/mol. The topological polar surface area (TPSA) is 69.8 Å². The molecule has 0 spiro atoms. The first-order chi connectivity index (χ1) is 12.1. The zero-order valence-electron chi connectivity index (χ0n) is 15.1. The second-order valence-corrected chi connectivity index (χ2v) is 6.21. The van der Waals surface area contributed by atoms with E-state index in [1.807, 2.05) is 41.9 Å². The molecule has 0 bridgehead atoms. The van der Waals surface area contributed by atoms with Crippen molar-refractivity contribution in [3.63, 3.8) is 0 Å². The summed E-state index contributed by atoms with van der Waals surface area (Å²) < 4.78 is 9.29. The van der Waals surface area contributed by atoms with Crippen LogP contribution in [0.3, 0.4) is 0 Å². The number of hydrogen-bond donors (Lipinski definition) is 1. The minimum absolute atomic E-state index is 0.333. The Morgan fingerprint density at radius 3 is 2.60 bits per heavy atom. The summed E-state index contributed by atoms with van der Waals surface area (Å²) in [7, 11) is 3.58. The first-order valence-electron chi connectivity index (χ1n) is 8.36. The van der Waals surface area contributed by atoms with E-state index in [2.05, 4.69) is 34.5 Å².